The number of rotatable bonds is 5. The Morgan fingerprint density at radius 2 is 2.29 bits per heavy atom. The molecule has 0 saturated carbocycles. The average molecular weight is 360 g/mol. The molecular formula is C13H14F2N4O4S. The zero-order valence-corrected chi connectivity index (χ0v) is 13.4. The van der Waals surface area contributed by atoms with Crippen molar-refractivity contribution in [3.8, 4) is 17.3 Å². The van der Waals surface area contributed by atoms with E-state index in [-0.39, 0.29) is 23.2 Å². The molecule has 0 spiro atoms. The second kappa shape index (κ2) is 6.40. The van der Waals surface area contributed by atoms with Crippen LogP contribution in [0, 0.1) is 0 Å². The first-order valence-corrected chi connectivity index (χ1v) is 8.55. The molecule has 0 radical (unpaired) electrons. The molecule has 1 fully saturated rings. The summed E-state index contributed by atoms with van der Waals surface area (Å²) in [5.41, 5.74) is 0.247. The lowest BCUT2D eigenvalue weighted by molar-refractivity contribution is 0.0799. The monoisotopic (exact) mass is 360 g/mol. The highest BCUT2D eigenvalue weighted by Gasteiger charge is 2.41. The standard InChI is InChI=1S/C13H14F2N4O4S/c1-19-6-4-9(24(19,20)21)13-17-11(18-23-13)8-3-2-5-16-12(8)22-7-10(14)15/h2-3,5,9-10H,4,6-7H2,1H3/t9-/m0/s1. The molecule has 1 aliphatic rings. The van der Waals surface area contributed by atoms with Crippen molar-refractivity contribution in [3.05, 3.63) is 24.2 Å². The number of halogens is 2. The molecule has 1 saturated heterocycles. The van der Waals surface area contributed by atoms with Gasteiger partial charge in [0.15, 0.2) is 11.9 Å². The molecule has 0 unspecified atom stereocenters. The largest absolute Gasteiger partial charge is 0.471 e. The van der Waals surface area contributed by atoms with Crippen molar-refractivity contribution in [1.82, 2.24) is 19.4 Å². The predicted octanol–water partition coefficient (Wildman–Crippen LogP) is 1.48. The van der Waals surface area contributed by atoms with E-state index in [1.165, 1.54) is 23.6 Å². The maximum Gasteiger partial charge on any atom is 0.272 e. The van der Waals surface area contributed by atoms with Gasteiger partial charge in [-0.25, -0.2) is 26.5 Å². The summed E-state index contributed by atoms with van der Waals surface area (Å²) in [6.45, 7) is -0.461. The summed E-state index contributed by atoms with van der Waals surface area (Å²) in [5.74, 6) is -0.0818. The third-order valence-electron chi connectivity index (χ3n) is 3.58. The van der Waals surface area contributed by atoms with Crippen LogP contribution in [0.2, 0.25) is 0 Å². The zero-order chi connectivity index (χ0) is 17.3. The van der Waals surface area contributed by atoms with Gasteiger partial charge in [0.2, 0.25) is 27.6 Å². The van der Waals surface area contributed by atoms with E-state index in [1.54, 1.807) is 6.07 Å². The number of aromatic nitrogens is 3. The maximum atomic E-state index is 12.3. The van der Waals surface area contributed by atoms with E-state index in [9.17, 15) is 17.2 Å². The van der Waals surface area contributed by atoms with E-state index in [2.05, 4.69) is 15.1 Å². The van der Waals surface area contributed by atoms with Crippen LogP contribution in [0.4, 0.5) is 8.78 Å². The number of pyridine rings is 1. The van der Waals surface area contributed by atoms with Crippen LogP contribution in [0.3, 0.4) is 0 Å². The van der Waals surface area contributed by atoms with Crippen molar-refractivity contribution < 1.29 is 26.5 Å². The molecule has 3 rings (SSSR count). The van der Waals surface area contributed by atoms with E-state index >= 15 is 0 Å². The molecule has 0 amide bonds. The first-order chi connectivity index (χ1) is 11.4. The van der Waals surface area contributed by atoms with E-state index in [0.717, 1.165) is 0 Å². The van der Waals surface area contributed by atoms with Crippen molar-refractivity contribution in [2.45, 2.75) is 18.1 Å². The zero-order valence-electron chi connectivity index (χ0n) is 12.6. The molecule has 1 atom stereocenters. The Balaban J connectivity index is 1.89. The normalized spacial score (nSPS) is 20.6. The quantitative estimate of drug-likeness (QED) is 0.796. The summed E-state index contributed by atoms with van der Waals surface area (Å²) in [6.07, 6.45) is -0.941. The van der Waals surface area contributed by atoms with Crippen LogP contribution >= 0.6 is 0 Å². The lowest BCUT2D eigenvalue weighted by Crippen LogP contribution is -2.22. The summed E-state index contributed by atoms with van der Waals surface area (Å²) in [4.78, 5) is 7.96. The van der Waals surface area contributed by atoms with E-state index in [4.69, 9.17) is 9.26 Å². The first-order valence-electron chi connectivity index (χ1n) is 7.04. The van der Waals surface area contributed by atoms with Crippen LogP contribution in [0.25, 0.3) is 11.4 Å². The molecule has 0 aromatic carbocycles. The molecule has 3 heterocycles. The maximum absolute atomic E-state index is 12.3. The van der Waals surface area contributed by atoms with Gasteiger partial charge in [-0.05, 0) is 18.6 Å². The van der Waals surface area contributed by atoms with Gasteiger partial charge in [-0.3, -0.25) is 0 Å². The fourth-order valence-corrected chi connectivity index (χ4v) is 3.88. The Morgan fingerprint density at radius 1 is 1.50 bits per heavy atom. The topological polar surface area (TPSA) is 98.4 Å². The molecule has 1 aliphatic heterocycles. The molecule has 24 heavy (non-hydrogen) atoms. The third-order valence-corrected chi connectivity index (χ3v) is 5.78. The van der Waals surface area contributed by atoms with Gasteiger partial charge in [0, 0.05) is 19.8 Å². The van der Waals surface area contributed by atoms with E-state index in [0.29, 0.717) is 13.0 Å². The molecule has 0 aliphatic carbocycles. The van der Waals surface area contributed by atoms with Gasteiger partial charge >= 0.3 is 0 Å². The van der Waals surface area contributed by atoms with Crippen molar-refractivity contribution in [3.63, 3.8) is 0 Å². The highest BCUT2D eigenvalue weighted by atomic mass is 32.2. The van der Waals surface area contributed by atoms with Crippen LogP contribution in [-0.2, 0) is 10.0 Å². The minimum absolute atomic E-state index is 0.0344. The summed E-state index contributed by atoms with van der Waals surface area (Å²) in [6, 6.07) is 3.08. The first kappa shape index (κ1) is 16.7. The van der Waals surface area contributed by atoms with Crippen LogP contribution in [-0.4, -0.2) is 54.5 Å². The summed E-state index contributed by atoms with van der Waals surface area (Å²) in [7, 11) is -2.05. The lowest BCUT2D eigenvalue weighted by atomic mass is 10.2. The third kappa shape index (κ3) is 3.08. The molecule has 2 aromatic heterocycles. The molecule has 0 N–H and O–H groups in total. The van der Waals surface area contributed by atoms with Crippen LogP contribution < -0.4 is 4.74 Å². The van der Waals surface area contributed by atoms with Gasteiger partial charge in [0.1, 0.15) is 0 Å². The molecule has 0 bridgehead atoms. The van der Waals surface area contributed by atoms with Crippen molar-refractivity contribution in [1.29, 1.82) is 0 Å². The highest BCUT2D eigenvalue weighted by Crippen LogP contribution is 2.35. The molecule has 2 aromatic rings. The van der Waals surface area contributed by atoms with Gasteiger partial charge < -0.3 is 9.26 Å². The number of ether oxygens (including phenoxy) is 1. The van der Waals surface area contributed by atoms with Crippen LogP contribution in [0.1, 0.15) is 17.6 Å². The van der Waals surface area contributed by atoms with Crippen molar-refractivity contribution in [2.75, 3.05) is 20.2 Å². The summed E-state index contributed by atoms with van der Waals surface area (Å²) in [5, 5.41) is 2.82. The summed E-state index contributed by atoms with van der Waals surface area (Å²) < 4.78 is 60.2. The summed E-state index contributed by atoms with van der Waals surface area (Å²) >= 11 is 0. The van der Waals surface area contributed by atoms with E-state index < -0.39 is 28.3 Å². The number of hydrogen-bond acceptors (Lipinski definition) is 7. The minimum Gasteiger partial charge on any atom is -0.471 e. The Hall–Kier alpha value is -2.14. The fraction of sp³-hybridized carbons (Fsp3) is 0.462. The Bertz CT molecular complexity index is 827. The highest BCUT2D eigenvalue weighted by molar-refractivity contribution is 7.89. The fourth-order valence-electron chi connectivity index (χ4n) is 2.34. The smallest absolute Gasteiger partial charge is 0.272 e. The second-order valence-electron chi connectivity index (χ2n) is 5.16. The van der Waals surface area contributed by atoms with Crippen molar-refractivity contribution >= 4 is 10.0 Å². The predicted molar refractivity (Wildman–Crippen MR) is 77.9 cm³/mol. The molecule has 8 nitrogen and oxygen atoms in total. The number of hydrogen-bond donors (Lipinski definition) is 0. The Morgan fingerprint density at radius 3 is 2.96 bits per heavy atom. The van der Waals surface area contributed by atoms with Crippen molar-refractivity contribution in [2.24, 2.45) is 0 Å². The van der Waals surface area contributed by atoms with Gasteiger partial charge in [0.05, 0.1) is 5.56 Å². The van der Waals surface area contributed by atoms with Gasteiger partial charge in [-0.15, -0.1) is 0 Å². The average Bonchev–Trinajstić information content (AvgIpc) is 3.11. The minimum atomic E-state index is -3.53. The van der Waals surface area contributed by atoms with Gasteiger partial charge in [-0.2, -0.15) is 4.98 Å². The molecular weight excluding hydrogens is 346 g/mol. The SMILES string of the molecule is CN1CC[C@@H](c2nc(-c3cccnc3OCC(F)F)no2)S1(=O)=O. The molecule has 11 heteroatoms. The Kier molecular flexibility index (Phi) is 4.45. The Labute approximate surface area is 136 Å². The number of sulfonamides is 1. The van der Waals surface area contributed by atoms with Crippen LogP contribution in [0.15, 0.2) is 22.9 Å². The van der Waals surface area contributed by atoms with E-state index in [1.807, 2.05) is 0 Å². The number of alkyl halides is 2. The molecule has 130 valence electrons. The van der Waals surface area contributed by atoms with Gasteiger partial charge in [-0.1, -0.05) is 5.16 Å². The number of nitrogens with zero attached hydrogens (tertiary/aromatic N) is 4. The van der Waals surface area contributed by atoms with Gasteiger partial charge in [0.25, 0.3) is 6.43 Å². The second-order valence-corrected chi connectivity index (χ2v) is 7.38. The van der Waals surface area contributed by atoms with Crippen LogP contribution in [0.5, 0.6) is 5.88 Å². The lowest BCUT2D eigenvalue weighted by Gasteiger charge is -2.08.